The standard InChI is InChI=1S/C9H16ClNO2/c1-9(2,6-10)8(13)11-3-7(4-11)5-12/h7,12H,3-6H2,1-2H3. The summed E-state index contributed by atoms with van der Waals surface area (Å²) >= 11 is 5.69. The fraction of sp³-hybridized carbons (Fsp3) is 0.889. The predicted molar refractivity (Wildman–Crippen MR) is 51.7 cm³/mol. The van der Waals surface area contributed by atoms with Crippen LogP contribution in [-0.4, -0.2) is 41.5 Å². The number of rotatable bonds is 3. The molecule has 0 saturated carbocycles. The van der Waals surface area contributed by atoms with Crippen LogP contribution >= 0.6 is 11.6 Å². The monoisotopic (exact) mass is 205 g/mol. The number of hydrogen-bond donors (Lipinski definition) is 1. The van der Waals surface area contributed by atoms with E-state index in [2.05, 4.69) is 0 Å². The van der Waals surface area contributed by atoms with Gasteiger partial charge in [-0.05, 0) is 13.8 Å². The van der Waals surface area contributed by atoms with Crippen molar-refractivity contribution in [3.05, 3.63) is 0 Å². The van der Waals surface area contributed by atoms with E-state index in [9.17, 15) is 4.79 Å². The first-order valence-corrected chi connectivity index (χ1v) is 5.01. The van der Waals surface area contributed by atoms with E-state index in [1.54, 1.807) is 4.90 Å². The molecule has 1 saturated heterocycles. The summed E-state index contributed by atoms with van der Waals surface area (Å²) in [5.74, 6) is 0.703. The van der Waals surface area contributed by atoms with E-state index in [1.165, 1.54) is 0 Å². The average Bonchev–Trinajstić information content (AvgIpc) is 2.02. The van der Waals surface area contributed by atoms with Gasteiger partial charge in [0.2, 0.25) is 5.91 Å². The van der Waals surface area contributed by atoms with E-state index in [1.807, 2.05) is 13.8 Å². The van der Waals surface area contributed by atoms with Crippen molar-refractivity contribution in [3.8, 4) is 0 Å². The van der Waals surface area contributed by atoms with Crippen LogP contribution in [0.1, 0.15) is 13.8 Å². The molecule has 1 aliphatic rings. The molecule has 1 amide bonds. The molecule has 13 heavy (non-hydrogen) atoms. The van der Waals surface area contributed by atoms with Crippen LogP contribution in [0.15, 0.2) is 0 Å². The Kier molecular flexibility index (Phi) is 3.19. The highest BCUT2D eigenvalue weighted by Crippen LogP contribution is 2.25. The van der Waals surface area contributed by atoms with Crippen LogP contribution in [0.25, 0.3) is 0 Å². The van der Waals surface area contributed by atoms with Crippen LogP contribution in [-0.2, 0) is 4.79 Å². The first-order valence-electron chi connectivity index (χ1n) is 4.47. The first-order chi connectivity index (χ1) is 6.01. The molecule has 0 aromatic carbocycles. The zero-order valence-corrected chi connectivity index (χ0v) is 8.84. The minimum atomic E-state index is -0.470. The van der Waals surface area contributed by atoms with E-state index in [4.69, 9.17) is 16.7 Å². The zero-order chi connectivity index (χ0) is 10.1. The van der Waals surface area contributed by atoms with Crippen molar-refractivity contribution in [2.45, 2.75) is 13.8 Å². The fourth-order valence-electron chi connectivity index (χ4n) is 1.34. The van der Waals surface area contributed by atoms with Gasteiger partial charge in [0.05, 0.1) is 5.41 Å². The molecule has 76 valence electrons. The van der Waals surface area contributed by atoms with E-state index >= 15 is 0 Å². The van der Waals surface area contributed by atoms with Gasteiger partial charge in [-0.3, -0.25) is 4.79 Å². The lowest BCUT2D eigenvalue weighted by atomic mass is 9.90. The molecule has 4 heteroatoms. The Morgan fingerprint density at radius 1 is 1.62 bits per heavy atom. The van der Waals surface area contributed by atoms with Gasteiger partial charge in [-0.25, -0.2) is 0 Å². The molecule has 1 aliphatic heterocycles. The Morgan fingerprint density at radius 2 is 2.15 bits per heavy atom. The average molecular weight is 206 g/mol. The Balaban J connectivity index is 2.43. The van der Waals surface area contributed by atoms with Crippen molar-refractivity contribution in [1.82, 2.24) is 4.90 Å². The summed E-state index contributed by atoms with van der Waals surface area (Å²) in [6, 6.07) is 0. The van der Waals surface area contributed by atoms with Crippen LogP contribution in [0.2, 0.25) is 0 Å². The minimum Gasteiger partial charge on any atom is -0.396 e. The third-order valence-electron chi connectivity index (χ3n) is 2.42. The highest BCUT2D eigenvalue weighted by Gasteiger charge is 2.37. The maximum Gasteiger partial charge on any atom is 0.229 e. The molecular weight excluding hydrogens is 190 g/mol. The molecule has 0 aromatic heterocycles. The summed E-state index contributed by atoms with van der Waals surface area (Å²) in [6.45, 7) is 5.21. The Morgan fingerprint density at radius 3 is 2.54 bits per heavy atom. The molecule has 0 bridgehead atoms. The Hall–Kier alpha value is -0.280. The number of hydrogen-bond acceptors (Lipinski definition) is 2. The summed E-state index contributed by atoms with van der Waals surface area (Å²) in [7, 11) is 0. The van der Waals surface area contributed by atoms with Gasteiger partial charge in [0.15, 0.2) is 0 Å². The molecule has 0 unspecified atom stereocenters. The van der Waals surface area contributed by atoms with Gasteiger partial charge >= 0.3 is 0 Å². The highest BCUT2D eigenvalue weighted by atomic mass is 35.5. The lowest BCUT2D eigenvalue weighted by Crippen LogP contribution is -2.55. The quantitative estimate of drug-likeness (QED) is 0.690. The second-order valence-corrected chi connectivity index (χ2v) is 4.54. The number of carbonyl (C=O) groups is 1. The van der Waals surface area contributed by atoms with Crippen molar-refractivity contribution in [2.24, 2.45) is 11.3 Å². The molecule has 0 aliphatic carbocycles. The third-order valence-corrected chi connectivity index (χ3v) is 3.08. The Labute approximate surface area is 83.7 Å². The van der Waals surface area contributed by atoms with E-state index < -0.39 is 5.41 Å². The second kappa shape index (κ2) is 3.84. The van der Waals surface area contributed by atoms with Crippen molar-refractivity contribution in [2.75, 3.05) is 25.6 Å². The lowest BCUT2D eigenvalue weighted by Gasteiger charge is -2.42. The van der Waals surface area contributed by atoms with E-state index in [0.29, 0.717) is 19.0 Å². The summed E-state index contributed by atoms with van der Waals surface area (Å²) in [5, 5.41) is 8.78. The topological polar surface area (TPSA) is 40.5 Å². The molecule has 0 radical (unpaired) electrons. The molecule has 1 fully saturated rings. The lowest BCUT2D eigenvalue weighted by molar-refractivity contribution is -0.146. The molecular formula is C9H16ClNO2. The van der Waals surface area contributed by atoms with Crippen LogP contribution in [0.5, 0.6) is 0 Å². The maximum atomic E-state index is 11.7. The van der Waals surface area contributed by atoms with Gasteiger partial charge in [-0.1, -0.05) is 0 Å². The van der Waals surface area contributed by atoms with Gasteiger partial charge in [-0.2, -0.15) is 0 Å². The SMILES string of the molecule is CC(C)(CCl)C(=O)N1CC(CO)C1. The van der Waals surface area contributed by atoms with Gasteiger partial charge in [0, 0.05) is 31.5 Å². The van der Waals surface area contributed by atoms with Gasteiger partial charge in [0.1, 0.15) is 0 Å². The van der Waals surface area contributed by atoms with Gasteiger partial charge < -0.3 is 10.0 Å². The summed E-state index contributed by atoms with van der Waals surface area (Å²) in [6.07, 6.45) is 0. The minimum absolute atomic E-state index is 0.0900. The number of carbonyl (C=O) groups excluding carboxylic acids is 1. The zero-order valence-electron chi connectivity index (χ0n) is 8.09. The Bertz CT molecular complexity index is 200. The second-order valence-electron chi connectivity index (χ2n) is 4.28. The van der Waals surface area contributed by atoms with Gasteiger partial charge in [-0.15, -0.1) is 11.6 Å². The van der Waals surface area contributed by atoms with Crippen LogP contribution < -0.4 is 0 Å². The van der Waals surface area contributed by atoms with Crippen molar-refractivity contribution < 1.29 is 9.90 Å². The largest absolute Gasteiger partial charge is 0.396 e. The number of likely N-dealkylation sites (tertiary alicyclic amines) is 1. The highest BCUT2D eigenvalue weighted by molar-refractivity contribution is 6.19. The van der Waals surface area contributed by atoms with E-state index in [-0.39, 0.29) is 18.4 Å². The predicted octanol–water partition coefficient (Wildman–Crippen LogP) is 0.702. The molecule has 0 spiro atoms. The molecule has 1 heterocycles. The number of alkyl halides is 1. The van der Waals surface area contributed by atoms with Crippen LogP contribution in [0, 0.1) is 11.3 Å². The maximum absolute atomic E-state index is 11.7. The van der Waals surface area contributed by atoms with Crippen molar-refractivity contribution in [3.63, 3.8) is 0 Å². The van der Waals surface area contributed by atoms with Crippen molar-refractivity contribution in [1.29, 1.82) is 0 Å². The summed E-state index contributed by atoms with van der Waals surface area (Å²) in [5.41, 5.74) is -0.470. The number of halogens is 1. The van der Waals surface area contributed by atoms with Crippen LogP contribution in [0.3, 0.4) is 0 Å². The molecule has 0 aromatic rings. The fourth-order valence-corrected chi connectivity index (χ4v) is 1.45. The first kappa shape index (κ1) is 10.8. The van der Waals surface area contributed by atoms with Gasteiger partial charge in [0.25, 0.3) is 0 Å². The molecule has 1 N–H and O–H groups in total. The summed E-state index contributed by atoms with van der Waals surface area (Å²) in [4.78, 5) is 13.5. The van der Waals surface area contributed by atoms with Crippen LogP contribution in [0.4, 0.5) is 0 Å². The molecule has 0 atom stereocenters. The molecule has 3 nitrogen and oxygen atoms in total. The number of aliphatic hydroxyl groups is 1. The number of nitrogens with zero attached hydrogens (tertiary/aromatic N) is 1. The smallest absolute Gasteiger partial charge is 0.229 e. The van der Waals surface area contributed by atoms with E-state index in [0.717, 1.165) is 0 Å². The number of amides is 1. The summed E-state index contributed by atoms with van der Waals surface area (Å²) < 4.78 is 0. The number of aliphatic hydroxyl groups excluding tert-OH is 1. The van der Waals surface area contributed by atoms with Crippen molar-refractivity contribution >= 4 is 17.5 Å². The molecule has 1 rings (SSSR count). The third kappa shape index (κ3) is 2.15. The normalized spacial score (nSPS) is 18.6.